The maximum Gasteiger partial charge on any atom is 0.138 e. The van der Waals surface area contributed by atoms with Crippen molar-refractivity contribution in [3.8, 4) is 0 Å². The average molecular weight is 230 g/mol. The Morgan fingerprint density at radius 3 is 2.82 bits per heavy atom. The summed E-state index contributed by atoms with van der Waals surface area (Å²) in [5, 5.41) is 4.08. The number of rotatable bonds is 4. The normalized spacial score (nSPS) is 12.6. The summed E-state index contributed by atoms with van der Waals surface area (Å²) in [6, 6.07) is 8.48. The first kappa shape index (κ1) is 11.8. The zero-order valence-electron chi connectivity index (χ0n) is 10.3. The second kappa shape index (κ2) is 5.10. The molecule has 4 heteroatoms. The molecular formula is C13H18N4. The minimum atomic E-state index is 0.304. The fraction of sp³-hybridized carbons (Fsp3) is 0.385. The molecule has 90 valence electrons. The predicted molar refractivity (Wildman–Crippen MR) is 67.7 cm³/mol. The lowest BCUT2D eigenvalue weighted by Gasteiger charge is -2.15. The molecular weight excluding hydrogens is 212 g/mol. The topological polar surface area (TPSA) is 56.7 Å². The molecule has 0 radical (unpaired) electrons. The van der Waals surface area contributed by atoms with Gasteiger partial charge in [0, 0.05) is 19.4 Å². The highest BCUT2D eigenvalue weighted by Gasteiger charge is 2.13. The van der Waals surface area contributed by atoms with Crippen molar-refractivity contribution in [1.29, 1.82) is 0 Å². The maximum atomic E-state index is 5.86. The molecule has 1 aromatic heterocycles. The summed E-state index contributed by atoms with van der Waals surface area (Å²) >= 11 is 0. The fourth-order valence-electron chi connectivity index (χ4n) is 1.99. The van der Waals surface area contributed by atoms with Gasteiger partial charge in [0.25, 0.3) is 0 Å². The summed E-state index contributed by atoms with van der Waals surface area (Å²) in [4.78, 5) is 4.25. The van der Waals surface area contributed by atoms with Crippen molar-refractivity contribution in [3.63, 3.8) is 0 Å². The minimum Gasteiger partial charge on any atom is -0.330 e. The van der Waals surface area contributed by atoms with Gasteiger partial charge in [0.05, 0.1) is 0 Å². The number of hydrogen-bond donors (Lipinski definition) is 1. The monoisotopic (exact) mass is 230 g/mol. The number of aryl methyl sites for hydroxylation is 2. The second-order valence-corrected chi connectivity index (χ2v) is 4.35. The summed E-state index contributed by atoms with van der Waals surface area (Å²) in [5.74, 6) is 1.28. The molecule has 0 fully saturated rings. The van der Waals surface area contributed by atoms with Crippen molar-refractivity contribution in [2.75, 3.05) is 6.54 Å². The van der Waals surface area contributed by atoms with Crippen LogP contribution < -0.4 is 5.73 Å². The highest BCUT2D eigenvalue weighted by Crippen LogP contribution is 2.19. The third-order valence-corrected chi connectivity index (χ3v) is 3.03. The Labute approximate surface area is 101 Å². The molecule has 0 amide bonds. The quantitative estimate of drug-likeness (QED) is 0.864. The van der Waals surface area contributed by atoms with Crippen molar-refractivity contribution < 1.29 is 0 Å². The first-order chi connectivity index (χ1) is 8.20. The maximum absolute atomic E-state index is 5.86. The molecule has 1 atom stereocenters. The summed E-state index contributed by atoms with van der Waals surface area (Å²) in [7, 11) is 1.91. The first-order valence-electron chi connectivity index (χ1n) is 5.80. The van der Waals surface area contributed by atoms with Crippen LogP contribution in [0.4, 0.5) is 0 Å². The molecule has 2 rings (SSSR count). The molecule has 17 heavy (non-hydrogen) atoms. The van der Waals surface area contributed by atoms with Gasteiger partial charge < -0.3 is 5.73 Å². The van der Waals surface area contributed by atoms with Crippen LogP contribution in [0, 0.1) is 6.92 Å². The molecule has 0 saturated heterocycles. The smallest absolute Gasteiger partial charge is 0.138 e. The van der Waals surface area contributed by atoms with Crippen LogP contribution >= 0.6 is 0 Å². The Morgan fingerprint density at radius 2 is 2.24 bits per heavy atom. The van der Waals surface area contributed by atoms with Crippen molar-refractivity contribution >= 4 is 0 Å². The van der Waals surface area contributed by atoms with Crippen molar-refractivity contribution in [2.45, 2.75) is 19.3 Å². The molecule has 0 bridgehead atoms. The van der Waals surface area contributed by atoms with Crippen LogP contribution in [0.3, 0.4) is 0 Å². The summed E-state index contributed by atoms with van der Waals surface area (Å²) < 4.78 is 1.80. The van der Waals surface area contributed by atoms with Crippen LogP contribution in [0.15, 0.2) is 30.6 Å². The Balaban J connectivity index is 2.20. The molecule has 2 aromatic rings. The van der Waals surface area contributed by atoms with Gasteiger partial charge in [-0.05, 0) is 19.0 Å². The number of hydrogen-bond acceptors (Lipinski definition) is 3. The predicted octanol–water partition coefficient (Wildman–Crippen LogP) is 1.41. The molecule has 2 N–H and O–H groups in total. The molecule has 4 nitrogen and oxygen atoms in total. The molecule has 1 unspecified atom stereocenters. The van der Waals surface area contributed by atoms with Gasteiger partial charge in [0.15, 0.2) is 0 Å². The lowest BCUT2D eigenvalue weighted by molar-refractivity contribution is 0.619. The van der Waals surface area contributed by atoms with E-state index in [0.717, 1.165) is 12.2 Å². The van der Waals surface area contributed by atoms with Crippen LogP contribution in [0.5, 0.6) is 0 Å². The molecule has 1 aromatic carbocycles. The van der Waals surface area contributed by atoms with Crippen molar-refractivity contribution in [1.82, 2.24) is 14.8 Å². The van der Waals surface area contributed by atoms with Crippen LogP contribution in [0.1, 0.15) is 22.9 Å². The van der Waals surface area contributed by atoms with Crippen molar-refractivity contribution in [3.05, 3.63) is 47.5 Å². The summed E-state index contributed by atoms with van der Waals surface area (Å²) in [6.07, 6.45) is 2.41. The van der Waals surface area contributed by atoms with Crippen LogP contribution in [-0.4, -0.2) is 21.3 Å². The van der Waals surface area contributed by atoms with Crippen molar-refractivity contribution in [2.24, 2.45) is 12.8 Å². The lowest BCUT2D eigenvalue weighted by atomic mass is 9.94. The van der Waals surface area contributed by atoms with E-state index in [-0.39, 0.29) is 0 Å². The van der Waals surface area contributed by atoms with E-state index in [0.29, 0.717) is 12.5 Å². The Kier molecular flexibility index (Phi) is 3.54. The summed E-state index contributed by atoms with van der Waals surface area (Å²) in [6.45, 7) is 2.72. The Morgan fingerprint density at radius 1 is 1.41 bits per heavy atom. The molecule has 0 saturated carbocycles. The van der Waals surface area contributed by atoms with Gasteiger partial charge in [-0.3, -0.25) is 4.68 Å². The molecule has 0 aliphatic rings. The highest BCUT2D eigenvalue weighted by molar-refractivity contribution is 5.26. The van der Waals surface area contributed by atoms with Gasteiger partial charge in [0.1, 0.15) is 12.2 Å². The van der Waals surface area contributed by atoms with Gasteiger partial charge >= 0.3 is 0 Å². The number of aromatic nitrogens is 3. The largest absolute Gasteiger partial charge is 0.330 e. The Bertz CT molecular complexity index is 490. The van der Waals surface area contributed by atoms with Crippen LogP contribution in [-0.2, 0) is 13.5 Å². The molecule has 0 aliphatic heterocycles. The molecule has 1 heterocycles. The highest BCUT2D eigenvalue weighted by atomic mass is 15.3. The van der Waals surface area contributed by atoms with Crippen LogP contribution in [0.25, 0.3) is 0 Å². The van der Waals surface area contributed by atoms with Gasteiger partial charge in [-0.15, -0.1) is 0 Å². The van der Waals surface area contributed by atoms with Gasteiger partial charge in [-0.2, -0.15) is 5.10 Å². The van der Waals surface area contributed by atoms with Gasteiger partial charge in [-0.1, -0.05) is 29.8 Å². The van der Waals surface area contributed by atoms with E-state index in [1.54, 1.807) is 11.0 Å². The number of benzene rings is 1. The minimum absolute atomic E-state index is 0.304. The fourth-order valence-corrected chi connectivity index (χ4v) is 1.99. The van der Waals surface area contributed by atoms with Crippen LogP contribution in [0.2, 0.25) is 0 Å². The third-order valence-electron chi connectivity index (χ3n) is 3.03. The Hall–Kier alpha value is -1.68. The first-order valence-corrected chi connectivity index (χ1v) is 5.80. The third kappa shape index (κ3) is 2.71. The average Bonchev–Trinajstić information content (AvgIpc) is 2.71. The zero-order chi connectivity index (χ0) is 12.3. The van der Waals surface area contributed by atoms with E-state index >= 15 is 0 Å². The SMILES string of the molecule is Cc1cccc(C(CN)Cc2ncnn2C)c1. The summed E-state index contributed by atoms with van der Waals surface area (Å²) in [5.41, 5.74) is 8.40. The standard InChI is InChI=1S/C13H18N4/c1-10-4-3-5-11(6-10)12(8-14)7-13-15-9-16-17(13)2/h3-6,9,12H,7-8,14H2,1-2H3. The van der Waals surface area contributed by atoms with E-state index < -0.39 is 0 Å². The second-order valence-electron chi connectivity index (χ2n) is 4.35. The molecule has 0 aliphatic carbocycles. The lowest BCUT2D eigenvalue weighted by Crippen LogP contribution is -2.17. The van der Waals surface area contributed by atoms with E-state index in [9.17, 15) is 0 Å². The number of nitrogens with two attached hydrogens (primary N) is 1. The molecule has 0 spiro atoms. The van der Waals surface area contributed by atoms with Gasteiger partial charge in [-0.25, -0.2) is 4.98 Å². The zero-order valence-corrected chi connectivity index (χ0v) is 10.3. The number of nitrogens with zero attached hydrogens (tertiary/aromatic N) is 3. The van der Waals surface area contributed by atoms with Gasteiger partial charge in [0.2, 0.25) is 0 Å². The van der Waals surface area contributed by atoms with E-state index in [1.165, 1.54) is 11.1 Å². The van der Waals surface area contributed by atoms with E-state index in [4.69, 9.17) is 5.73 Å². The van der Waals surface area contributed by atoms with E-state index in [2.05, 4.69) is 41.3 Å². The van der Waals surface area contributed by atoms with E-state index in [1.807, 2.05) is 7.05 Å².